The summed E-state index contributed by atoms with van der Waals surface area (Å²) in [6.45, 7) is 1.64. The summed E-state index contributed by atoms with van der Waals surface area (Å²) in [5, 5.41) is 0.858. The number of nitrogens with zero attached hydrogens (tertiary/aromatic N) is 2. The molecule has 0 N–H and O–H groups in total. The van der Waals surface area contributed by atoms with E-state index in [4.69, 9.17) is 21.3 Å². The molecule has 2 amide bonds. The Hall–Kier alpha value is -4.62. The predicted octanol–water partition coefficient (Wildman–Crippen LogP) is 6.30. The number of fused-ring (bicyclic) bond motifs is 6. The van der Waals surface area contributed by atoms with Crippen LogP contribution in [-0.2, 0) is 14.3 Å². The Kier molecular flexibility index (Phi) is 6.28. The third-order valence-corrected chi connectivity index (χ3v) is 9.05. The van der Waals surface area contributed by atoms with Gasteiger partial charge in [0.05, 0.1) is 39.3 Å². The first-order chi connectivity index (χ1) is 20.3. The number of amides is 2. The minimum absolute atomic E-state index is 0.133. The van der Waals surface area contributed by atoms with E-state index >= 15 is 0 Å². The lowest BCUT2D eigenvalue weighted by Crippen LogP contribution is -2.32. The van der Waals surface area contributed by atoms with Crippen molar-refractivity contribution in [1.29, 1.82) is 0 Å². The van der Waals surface area contributed by atoms with E-state index in [1.54, 1.807) is 78.9 Å². The number of Topliss-reactive ketones (excluding diaryl/α,β-unsaturated/α-hetero) is 1. The third-order valence-electron chi connectivity index (χ3n) is 8.74. The van der Waals surface area contributed by atoms with Crippen LogP contribution in [0.1, 0.15) is 34.1 Å². The van der Waals surface area contributed by atoms with E-state index in [1.165, 1.54) is 10.5 Å². The number of para-hydroxylation sites is 1. The van der Waals surface area contributed by atoms with Crippen LogP contribution < -0.4 is 4.90 Å². The number of ketones is 1. The first kappa shape index (κ1) is 26.3. The molecule has 1 aliphatic heterocycles. The molecule has 3 aromatic carbocycles. The second-order valence-corrected chi connectivity index (χ2v) is 11.5. The first-order valence-electron chi connectivity index (χ1n) is 13.8. The number of halogens is 1. The number of pyridine rings is 1. The number of benzene rings is 3. The molecule has 8 heteroatoms. The average Bonchev–Trinajstić information content (AvgIpc) is 3.65. The fraction of sp³-hybridized carbons (Fsp3) is 0.206. The van der Waals surface area contributed by atoms with Gasteiger partial charge in [0.1, 0.15) is 0 Å². The minimum atomic E-state index is -0.676. The van der Waals surface area contributed by atoms with Crippen molar-refractivity contribution < 1.29 is 23.9 Å². The van der Waals surface area contributed by atoms with Crippen LogP contribution in [0.2, 0.25) is 5.02 Å². The largest absolute Gasteiger partial charge is 0.454 e. The number of anilines is 1. The number of carbonyl (C=O) groups is 4. The molecule has 7 rings (SSSR count). The summed E-state index contributed by atoms with van der Waals surface area (Å²) in [7, 11) is 0. The van der Waals surface area contributed by atoms with Gasteiger partial charge >= 0.3 is 5.97 Å². The molecular formula is C34H25ClN2O5. The fourth-order valence-corrected chi connectivity index (χ4v) is 6.97. The van der Waals surface area contributed by atoms with Crippen LogP contribution in [0.4, 0.5) is 5.69 Å². The van der Waals surface area contributed by atoms with Crippen LogP contribution in [0, 0.1) is 23.7 Å². The van der Waals surface area contributed by atoms with Crippen LogP contribution in [0.15, 0.2) is 90.5 Å². The molecule has 1 aromatic heterocycles. The van der Waals surface area contributed by atoms with E-state index in [-0.39, 0.29) is 46.8 Å². The summed E-state index contributed by atoms with van der Waals surface area (Å²) in [6.07, 6.45) is 3.03. The number of esters is 1. The van der Waals surface area contributed by atoms with Gasteiger partial charge < -0.3 is 4.74 Å². The highest BCUT2D eigenvalue weighted by Crippen LogP contribution is 2.56. The highest BCUT2D eigenvalue weighted by molar-refractivity contribution is 6.35. The monoisotopic (exact) mass is 576 g/mol. The Morgan fingerprint density at radius 1 is 0.952 bits per heavy atom. The molecule has 1 saturated heterocycles. The molecular weight excluding hydrogens is 552 g/mol. The SMILES string of the molecule is CC1=CC2CC1C1C(=O)N(c3ccc(-c4cc(C(=O)OCC(=O)c5ccccc5)c5cccc(Cl)c5n4)cc3)C(=O)C21. The van der Waals surface area contributed by atoms with E-state index in [0.29, 0.717) is 38.4 Å². The number of allylic oxidation sites excluding steroid dienone is 2. The molecule has 3 aliphatic rings. The molecule has 4 unspecified atom stereocenters. The van der Waals surface area contributed by atoms with Crippen LogP contribution in [0.5, 0.6) is 0 Å². The standard InChI is InChI=1S/C34H25ClN2O5/c1-18-14-21-15-24(18)30-29(21)32(39)37(33(30)40)22-12-10-19(11-13-22)27-16-25(23-8-5-9-26(35)31(23)36-27)34(41)42-17-28(38)20-6-3-2-4-7-20/h2-14,16,21,24,29-30H,15,17H2,1H3. The summed E-state index contributed by atoms with van der Waals surface area (Å²) in [5.74, 6) is -1.54. The van der Waals surface area contributed by atoms with Crippen molar-refractivity contribution in [2.24, 2.45) is 23.7 Å². The Bertz CT molecular complexity index is 1830. The van der Waals surface area contributed by atoms with Gasteiger partial charge in [0.2, 0.25) is 11.8 Å². The molecule has 2 aliphatic carbocycles. The maximum absolute atomic E-state index is 13.4. The summed E-state index contributed by atoms with van der Waals surface area (Å²) in [6, 6.07) is 22.3. The van der Waals surface area contributed by atoms with E-state index in [0.717, 1.165) is 6.42 Å². The Balaban J connectivity index is 1.18. The third kappa shape index (κ3) is 4.15. The molecule has 42 heavy (non-hydrogen) atoms. The summed E-state index contributed by atoms with van der Waals surface area (Å²) in [5.41, 5.74) is 3.92. The van der Waals surface area contributed by atoms with E-state index in [2.05, 4.69) is 6.08 Å². The van der Waals surface area contributed by atoms with Crippen LogP contribution in [0.25, 0.3) is 22.2 Å². The quantitative estimate of drug-likeness (QED) is 0.116. The average molecular weight is 577 g/mol. The lowest BCUT2D eigenvalue weighted by Gasteiger charge is -2.19. The normalized spacial score (nSPS) is 22.4. The number of aromatic nitrogens is 1. The van der Waals surface area contributed by atoms with E-state index in [9.17, 15) is 19.2 Å². The van der Waals surface area contributed by atoms with Gasteiger partial charge in [0.25, 0.3) is 0 Å². The zero-order valence-electron chi connectivity index (χ0n) is 22.6. The van der Waals surface area contributed by atoms with Gasteiger partial charge in [-0.3, -0.25) is 19.3 Å². The molecule has 1 saturated carbocycles. The first-order valence-corrected chi connectivity index (χ1v) is 14.2. The van der Waals surface area contributed by atoms with E-state index in [1.807, 2.05) is 6.92 Å². The molecule has 4 aromatic rings. The summed E-state index contributed by atoms with van der Waals surface area (Å²) < 4.78 is 5.41. The Morgan fingerprint density at radius 3 is 2.45 bits per heavy atom. The van der Waals surface area contributed by atoms with Gasteiger partial charge in [-0.05, 0) is 49.4 Å². The van der Waals surface area contributed by atoms with Gasteiger partial charge in [-0.25, -0.2) is 9.78 Å². The highest BCUT2D eigenvalue weighted by Gasteiger charge is 2.60. The molecule has 2 heterocycles. The molecule has 208 valence electrons. The molecule has 7 nitrogen and oxygen atoms in total. The maximum Gasteiger partial charge on any atom is 0.339 e. The van der Waals surface area contributed by atoms with Crippen LogP contribution in [-0.4, -0.2) is 35.2 Å². The van der Waals surface area contributed by atoms with Crippen molar-refractivity contribution >= 4 is 51.8 Å². The minimum Gasteiger partial charge on any atom is -0.454 e. The van der Waals surface area contributed by atoms with Gasteiger partial charge in [0.15, 0.2) is 12.4 Å². The molecule has 0 spiro atoms. The molecule has 0 radical (unpaired) electrons. The second-order valence-electron chi connectivity index (χ2n) is 11.1. The molecule has 2 bridgehead atoms. The van der Waals surface area contributed by atoms with Crippen molar-refractivity contribution in [1.82, 2.24) is 4.98 Å². The Labute approximate surface area is 246 Å². The number of rotatable bonds is 6. The topological polar surface area (TPSA) is 93.6 Å². The van der Waals surface area contributed by atoms with E-state index < -0.39 is 12.6 Å². The van der Waals surface area contributed by atoms with Crippen molar-refractivity contribution in [3.8, 4) is 11.3 Å². The van der Waals surface area contributed by atoms with Crippen LogP contribution >= 0.6 is 11.6 Å². The van der Waals surface area contributed by atoms with Crippen molar-refractivity contribution in [2.45, 2.75) is 13.3 Å². The smallest absolute Gasteiger partial charge is 0.339 e. The zero-order valence-corrected chi connectivity index (χ0v) is 23.4. The fourth-order valence-electron chi connectivity index (χ4n) is 6.76. The number of hydrogen-bond acceptors (Lipinski definition) is 6. The molecule has 4 atom stereocenters. The van der Waals surface area contributed by atoms with Gasteiger partial charge in [-0.15, -0.1) is 0 Å². The second kappa shape index (κ2) is 10.0. The molecule has 2 fully saturated rings. The lowest BCUT2D eigenvalue weighted by molar-refractivity contribution is -0.123. The summed E-state index contributed by atoms with van der Waals surface area (Å²) in [4.78, 5) is 58.5. The van der Waals surface area contributed by atoms with Gasteiger partial charge in [0, 0.05) is 16.5 Å². The summed E-state index contributed by atoms with van der Waals surface area (Å²) >= 11 is 6.47. The highest BCUT2D eigenvalue weighted by atomic mass is 35.5. The van der Waals surface area contributed by atoms with Crippen molar-refractivity contribution in [2.75, 3.05) is 11.5 Å². The number of carbonyl (C=O) groups excluding carboxylic acids is 4. The number of ether oxygens (including phenoxy) is 1. The number of imide groups is 1. The maximum atomic E-state index is 13.4. The van der Waals surface area contributed by atoms with Gasteiger partial charge in [-0.1, -0.05) is 77.8 Å². The Morgan fingerprint density at radius 2 is 1.69 bits per heavy atom. The lowest BCUT2D eigenvalue weighted by atomic mass is 9.82. The van der Waals surface area contributed by atoms with Gasteiger partial charge in [-0.2, -0.15) is 0 Å². The number of hydrogen-bond donors (Lipinski definition) is 0. The predicted molar refractivity (Wildman–Crippen MR) is 158 cm³/mol. The van der Waals surface area contributed by atoms with Crippen molar-refractivity contribution in [3.63, 3.8) is 0 Å². The van der Waals surface area contributed by atoms with Crippen molar-refractivity contribution in [3.05, 3.63) is 107 Å². The van der Waals surface area contributed by atoms with Crippen LogP contribution in [0.3, 0.4) is 0 Å². The zero-order chi connectivity index (χ0) is 29.1.